The number of amides is 1. The lowest BCUT2D eigenvalue weighted by Gasteiger charge is -2.01. The Bertz CT molecular complexity index is 836. The van der Waals surface area contributed by atoms with E-state index in [1.54, 1.807) is 0 Å². The van der Waals surface area contributed by atoms with Crippen LogP contribution in [0.1, 0.15) is 15.9 Å². The lowest BCUT2D eigenvalue weighted by molar-refractivity contribution is -0.385. The van der Waals surface area contributed by atoms with Crippen LogP contribution in [0.4, 0.5) is 10.1 Å². The smallest absolute Gasteiger partial charge is 0.282 e. The molecule has 1 heterocycles. The highest BCUT2D eigenvalue weighted by Crippen LogP contribution is 2.37. The Kier molecular flexibility index (Phi) is 4.06. The highest BCUT2D eigenvalue weighted by atomic mass is 19.1. The third kappa shape index (κ3) is 3.14. The van der Waals surface area contributed by atoms with Gasteiger partial charge in [0.25, 0.3) is 11.6 Å². The number of nitro benzene ring substituents is 1. The Balaban J connectivity index is 1.78. The standard InChI is InChI=1S/C15H10FN3O5/c16-11-3-1-9(2-4-11)15(20)18-17-7-10-5-13-14(24-8-23-13)6-12(10)19(21)22/h1-7H,8H2,(H,18,20). The van der Waals surface area contributed by atoms with E-state index in [1.807, 2.05) is 0 Å². The van der Waals surface area contributed by atoms with E-state index < -0.39 is 16.6 Å². The molecule has 3 rings (SSSR count). The molecule has 9 heteroatoms. The minimum Gasteiger partial charge on any atom is -0.454 e. The lowest BCUT2D eigenvalue weighted by Crippen LogP contribution is -2.17. The second-order valence-corrected chi connectivity index (χ2v) is 4.73. The molecule has 0 atom stereocenters. The first kappa shape index (κ1) is 15.4. The SMILES string of the molecule is O=C(NN=Cc1cc2c(cc1[N+](=O)[O-])OCO2)c1ccc(F)cc1. The fraction of sp³-hybridized carbons (Fsp3) is 0.0667. The minimum absolute atomic E-state index is 0.0195. The third-order valence-electron chi connectivity index (χ3n) is 3.19. The Labute approximate surface area is 134 Å². The van der Waals surface area contributed by atoms with Crippen LogP contribution in [0.25, 0.3) is 0 Å². The molecule has 0 fully saturated rings. The first-order valence-corrected chi connectivity index (χ1v) is 6.71. The molecule has 1 N–H and O–H groups in total. The van der Waals surface area contributed by atoms with Gasteiger partial charge >= 0.3 is 0 Å². The van der Waals surface area contributed by atoms with Crippen molar-refractivity contribution >= 4 is 17.8 Å². The molecule has 0 unspecified atom stereocenters. The van der Waals surface area contributed by atoms with Gasteiger partial charge in [-0.05, 0) is 30.3 Å². The highest BCUT2D eigenvalue weighted by molar-refractivity contribution is 5.95. The lowest BCUT2D eigenvalue weighted by atomic mass is 10.1. The van der Waals surface area contributed by atoms with Gasteiger partial charge in [0.1, 0.15) is 5.82 Å². The maximum atomic E-state index is 12.8. The molecule has 0 spiro atoms. The molecule has 0 radical (unpaired) electrons. The third-order valence-corrected chi connectivity index (χ3v) is 3.19. The molecule has 24 heavy (non-hydrogen) atoms. The molecule has 122 valence electrons. The van der Waals surface area contributed by atoms with Crippen molar-refractivity contribution in [2.45, 2.75) is 0 Å². The molecule has 0 bridgehead atoms. The number of benzene rings is 2. The molecule has 2 aromatic rings. The van der Waals surface area contributed by atoms with Gasteiger partial charge in [-0.2, -0.15) is 5.10 Å². The molecule has 0 saturated heterocycles. The Morgan fingerprint density at radius 1 is 1.25 bits per heavy atom. The summed E-state index contributed by atoms with van der Waals surface area (Å²) in [4.78, 5) is 22.3. The van der Waals surface area contributed by atoms with Gasteiger partial charge in [-0.15, -0.1) is 0 Å². The predicted octanol–water partition coefficient (Wildman–Crippen LogP) is 2.23. The van der Waals surface area contributed by atoms with Gasteiger partial charge in [-0.3, -0.25) is 14.9 Å². The van der Waals surface area contributed by atoms with Gasteiger partial charge in [0.15, 0.2) is 11.5 Å². The van der Waals surface area contributed by atoms with Crippen molar-refractivity contribution in [2.75, 3.05) is 6.79 Å². The van der Waals surface area contributed by atoms with Crippen LogP contribution in [0.2, 0.25) is 0 Å². The maximum Gasteiger partial charge on any atom is 0.282 e. The quantitative estimate of drug-likeness (QED) is 0.526. The fourth-order valence-electron chi connectivity index (χ4n) is 2.03. The van der Waals surface area contributed by atoms with Crippen molar-refractivity contribution in [2.24, 2.45) is 5.10 Å². The molecule has 1 aliphatic rings. The van der Waals surface area contributed by atoms with E-state index in [4.69, 9.17) is 9.47 Å². The zero-order valence-electron chi connectivity index (χ0n) is 12.1. The number of nitrogens with one attached hydrogen (secondary N) is 1. The first-order valence-electron chi connectivity index (χ1n) is 6.71. The van der Waals surface area contributed by atoms with Crippen LogP contribution in [-0.4, -0.2) is 23.8 Å². The number of halogens is 1. The number of hydrogen-bond acceptors (Lipinski definition) is 6. The summed E-state index contributed by atoms with van der Waals surface area (Å²) in [6.45, 7) is -0.0195. The van der Waals surface area contributed by atoms with Crippen molar-refractivity contribution in [3.8, 4) is 11.5 Å². The summed E-state index contributed by atoms with van der Waals surface area (Å²) >= 11 is 0. The van der Waals surface area contributed by atoms with E-state index in [0.717, 1.165) is 18.3 Å². The van der Waals surface area contributed by atoms with Gasteiger partial charge in [-0.1, -0.05) is 0 Å². The van der Waals surface area contributed by atoms with Crippen LogP contribution in [0.15, 0.2) is 41.5 Å². The Morgan fingerprint density at radius 3 is 2.58 bits per heavy atom. The van der Waals surface area contributed by atoms with Crippen molar-refractivity contribution in [1.29, 1.82) is 0 Å². The van der Waals surface area contributed by atoms with Crippen molar-refractivity contribution in [1.82, 2.24) is 5.43 Å². The monoisotopic (exact) mass is 331 g/mol. The average molecular weight is 331 g/mol. The van der Waals surface area contributed by atoms with Crippen molar-refractivity contribution in [3.63, 3.8) is 0 Å². The second kappa shape index (κ2) is 6.32. The summed E-state index contributed by atoms with van der Waals surface area (Å²) in [5, 5.41) is 14.8. The van der Waals surface area contributed by atoms with Crippen molar-refractivity contribution < 1.29 is 23.6 Å². The summed E-state index contributed by atoms with van der Waals surface area (Å²) < 4.78 is 23.0. The number of fused-ring (bicyclic) bond motifs is 1. The zero-order valence-corrected chi connectivity index (χ0v) is 12.1. The molecular formula is C15H10FN3O5. The van der Waals surface area contributed by atoms with E-state index in [2.05, 4.69) is 10.5 Å². The fourth-order valence-corrected chi connectivity index (χ4v) is 2.03. The average Bonchev–Trinajstić information content (AvgIpc) is 3.01. The maximum absolute atomic E-state index is 12.8. The van der Waals surface area contributed by atoms with E-state index >= 15 is 0 Å². The molecule has 2 aromatic carbocycles. The zero-order chi connectivity index (χ0) is 17.1. The number of nitrogens with zero attached hydrogens (tertiary/aromatic N) is 2. The number of rotatable bonds is 4. The summed E-state index contributed by atoms with van der Waals surface area (Å²) in [6, 6.07) is 7.49. The molecule has 8 nitrogen and oxygen atoms in total. The van der Waals surface area contributed by atoms with E-state index in [-0.39, 0.29) is 29.4 Å². The van der Waals surface area contributed by atoms with Crippen LogP contribution < -0.4 is 14.9 Å². The number of ether oxygens (including phenoxy) is 2. The first-order chi connectivity index (χ1) is 11.5. The second-order valence-electron chi connectivity index (χ2n) is 4.73. The van der Waals surface area contributed by atoms with E-state index in [0.29, 0.717) is 5.75 Å². The van der Waals surface area contributed by atoms with E-state index in [1.165, 1.54) is 24.3 Å². The molecular weight excluding hydrogens is 321 g/mol. The van der Waals surface area contributed by atoms with Gasteiger partial charge in [-0.25, -0.2) is 9.82 Å². The van der Waals surface area contributed by atoms with Crippen molar-refractivity contribution in [3.05, 3.63) is 63.5 Å². The topological polar surface area (TPSA) is 103 Å². The number of nitro groups is 1. The minimum atomic E-state index is -0.592. The summed E-state index contributed by atoms with van der Waals surface area (Å²) in [5.41, 5.74) is 2.32. The van der Waals surface area contributed by atoms with Crippen LogP contribution in [0, 0.1) is 15.9 Å². The molecule has 1 amide bonds. The molecule has 0 saturated carbocycles. The van der Waals surface area contributed by atoms with Crippen LogP contribution in [-0.2, 0) is 0 Å². The normalized spacial score (nSPS) is 12.4. The molecule has 0 aliphatic carbocycles. The number of carbonyl (C=O) groups is 1. The molecule has 0 aromatic heterocycles. The summed E-state index contributed by atoms with van der Waals surface area (Å²) in [7, 11) is 0. The van der Waals surface area contributed by atoms with Gasteiger partial charge < -0.3 is 9.47 Å². The Morgan fingerprint density at radius 2 is 1.92 bits per heavy atom. The van der Waals surface area contributed by atoms with Gasteiger partial charge in [0.2, 0.25) is 6.79 Å². The number of hydrazone groups is 1. The predicted molar refractivity (Wildman–Crippen MR) is 80.7 cm³/mol. The number of carbonyl (C=O) groups excluding carboxylic acids is 1. The molecule has 1 aliphatic heterocycles. The summed E-state index contributed by atoms with van der Waals surface area (Å²) in [5.74, 6) is -0.415. The van der Waals surface area contributed by atoms with Crippen LogP contribution in [0.5, 0.6) is 11.5 Å². The van der Waals surface area contributed by atoms with Gasteiger partial charge in [0.05, 0.1) is 22.8 Å². The van der Waals surface area contributed by atoms with Gasteiger partial charge in [0, 0.05) is 5.56 Å². The van der Waals surface area contributed by atoms with Crippen LogP contribution in [0.3, 0.4) is 0 Å². The number of hydrogen-bond donors (Lipinski definition) is 1. The van der Waals surface area contributed by atoms with Crippen LogP contribution >= 0.6 is 0 Å². The largest absolute Gasteiger partial charge is 0.454 e. The highest BCUT2D eigenvalue weighted by Gasteiger charge is 2.22. The van der Waals surface area contributed by atoms with E-state index in [9.17, 15) is 19.3 Å². The summed E-state index contributed by atoms with van der Waals surface area (Å²) in [6.07, 6.45) is 1.13. The Hall–Kier alpha value is -3.49.